The Morgan fingerprint density at radius 2 is 2.06 bits per heavy atom. The van der Waals surface area contributed by atoms with Crippen LogP contribution in [0.15, 0.2) is 34.7 Å². The van der Waals surface area contributed by atoms with Crippen LogP contribution in [0.5, 0.6) is 0 Å². The molecule has 3 heteroatoms. The average Bonchev–Trinajstić information content (AvgIpc) is 2.97. The fourth-order valence-electron chi connectivity index (χ4n) is 2.50. The lowest BCUT2D eigenvalue weighted by molar-refractivity contribution is 0.243. The summed E-state index contributed by atoms with van der Waals surface area (Å²) in [6.45, 7) is 3.90. The van der Waals surface area contributed by atoms with Gasteiger partial charge in [-0.15, -0.1) is 0 Å². The normalized spacial score (nSPS) is 14.0. The number of furan rings is 1. The molecule has 94 valence electrons. The van der Waals surface area contributed by atoms with Crippen molar-refractivity contribution in [1.82, 2.24) is 0 Å². The van der Waals surface area contributed by atoms with E-state index in [-0.39, 0.29) is 6.61 Å². The quantitative estimate of drug-likeness (QED) is 0.900. The number of fused-ring (bicyclic) bond motifs is 1. The van der Waals surface area contributed by atoms with Gasteiger partial charge in [0.1, 0.15) is 18.1 Å². The molecule has 1 N–H and O–H groups in total. The fourth-order valence-corrected chi connectivity index (χ4v) is 2.50. The lowest BCUT2D eigenvalue weighted by atomic mass is 10.1. The third-order valence-electron chi connectivity index (χ3n) is 3.45. The molecular formula is C15H17NO2. The van der Waals surface area contributed by atoms with Crippen LogP contribution in [0.2, 0.25) is 0 Å². The fraction of sp³-hybridized carbons (Fsp3) is 0.333. The Morgan fingerprint density at radius 1 is 1.22 bits per heavy atom. The summed E-state index contributed by atoms with van der Waals surface area (Å²) in [6.07, 6.45) is 1.10. The van der Waals surface area contributed by atoms with Crippen LogP contribution >= 0.6 is 0 Å². The van der Waals surface area contributed by atoms with E-state index in [1.807, 2.05) is 12.1 Å². The van der Waals surface area contributed by atoms with Crippen molar-refractivity contribution in [1.29, 1.82) is 0 Å². The van der Waals surface area contributed by atoms with Gasteiger partial charge in [0.15, 0.2) is 0 Å². The highest BCUT2D eigenvalue weighted by molar-refractivity contribution is 5.59. The van der Waals surface area contributed by atoms with E-state index in [4.69, 9.17) is 9.52 Å². The highest BCUT2D eigenvalue weighted by atomic mass is 16.4. The lowest BCUT2D eigenvalue weighted by Gasteiger charge is -2.18. The molecule has 0 saturated carbocycles. The summed E-state index contributed by atoms with van der Waals surface area (Å²) < 4.78 is 5.55. The molecular weight excluding hydrogens is 226 g/mol. The number of nitrogens with zero attached hydrogens (tertiary/aromatic N) is 1. The number of aryl methyl sites for hydroxylation is 1. The second kappa shape index (κ2) is 4.50. The topological polar surface area (TPSA) is 36.6 Å². The monoisotopic (exact) mass is 243 g/mol. The van der Waals surface area contributed by atoms with Gasteiger partial charge in [-0.25, -0.2) is 0 Å². The predicted octanol–water partition coefficient (Wildman–Crippen LogP) is 2.64. The van der Waals surface area contributed by atoms with E-state index in [0.29, 0.717) is 5.76 Å². The molecule has 1 aromatic carbocycles. The van der Waals surface area contributed by atoms with Gasteiger partial charge in [0.25, 0.3) is 0 Å². The highest BCUT2D eigenvalue weighted by Crippen LogP contribution is 2.30. The zero-order valence-corrected chi connectivity index (χ0v) is 10.5. The Kier molecular flexibility index (Phi) is 2.84. The largest absolute Gasteiger partial charge is 0.462 e. The maximum atomic E-state index is 9.00. The number of hydrogen-bond acceptors (Lipinski definition) is 3. The second-order valence-electron chi connectivity index (χ2n) is 4.83. The van der Waals surface area contributed by atoms with Gasteiger partial charge in [0, 0.05) is 12.2 Å². The van der Waals surface area contributed by atoms with Crippen molar-refractivity contribution in [3.05, 3.63) is 53.0 Å². The van der Waals surface area contributed by atoms with Gasteiger partial charge in [-0.1, -0.05) is 12.1 Å². The molecule has 0 aliphatic carbocycles. The Hall–Kier alpha value is -1.74. The molecule has 3 nitrogen and oxygen atoms in total. The number of aliphatic hydroxyl groups is 1. The summed E-state index contributed by atoms with van der Waals surface area (Å²) in [6, 6.07) is 10.4. The molecule has 1 aromatic heterocycles. The summed E-state index contributed by atoms with van der Waals surface area (Å²) >= 11 is 0. The predicted molar refractivity (Wildman–Crippen MR) is 70.6 cm³/mol. The summed E-state index contributed by atoms with van der Waals surface area (Å²) in [5.41, 5.74) is 4.02. The van der Waals surface area contributed by atoms with Crippen LogP contribution in [0.25, 0.3) is 0 Å². The van der Waals surface area contributed by atoms with E-state index in [0.717, 1.165) is 25.3 Å². The van der Waals surface area contributed by atoms with E-state index in [9.17, 15) is 0 Å². The van der Waals surface area contributed by atoms with E-state index in [2.05, 4.69) is 30.0 Å². The SMILES string of the molecule is Cc1ccc2c(c1)N(Cc1ccc(CO)o1)CC2. The Bertz CT molecular complexity index is 559. The van der Waals surface area contributed by atoms with E-state index >= 15 is 0 Å². The highest BCUT2D eigenvalue weighted by Gasteiger charge is 2.19. The summed E-state index contributed by atoms with van der Waals surface area (Å²) in [5, 5.41) is 9.00. The Balaban J connectivity index is 1.81. The molecule has 0 atom stereocenters. The van der Waals surface area contributed by atoms with Crippen molar-refractivity contribution >= 4 is 5.69 Å². The Labute approximate surface area is 107 Å². The molecule has 1 aliphatic heterocycles. The molecule has 0 saturated heterocycles. The van der Waals surface area contributed by atoms with Crippen molar-refractivity contribution in [2.75, 3.05) is 11.4 Å². The van der Waals surface area contributed by atoms with Gasteiger partial charge in [-0.2, -0.15) is 0 Å². The second-order valence-corrected chi connectivity index (χ2v) is 4.83. The van der Waals surface area contributed by atoms with Crippen LogP contribution in [-0.4, -0.2) is 11.7 Å². The minimum atomic E-state index is -0.0320. The summed E-state index contributed by atoms with van der Waals surface area (Å²) in [7, 11) is 0. The minimum absolute atomic E-state index is 0.0320. The van der Waals surface area contributed by atoms with Gasteiger partial charge in [-0.05, 0) is 42.7 Å². The summed E-state index contributed by atoms with van der Waals surface area (Å²) in [5.74, 6) is 1.54. The third kappa shape index (κ3) is 2.02. The van der Waals surface area contributed by atoms with Gasteiger partial charge >= 0.3 is 0 Å². The molecule has 0 bridgehead atoms. The van der Waals surface area contributed by atoms with E-state index < -0.39 is 0 Å². The maximum Gasteiger partial charge on any atom is 0.129 e. The molecule has 18 heavy (non-hydrogen) atoms. The van der Waals surface area contributed by atoms with Gasteiger partial charge in [0.05, 0.1) is 6.54 Å². The third-order valence-corrected chi connectivity index (χ3v) is 3.45. The molecule has 0 unspecified atom stereocenters. The molecule has 0 fully saturated rings. The summed E-state index contributed by atoms with van der Waals surface area (Å²) in [4.78, 5) is 2.34. The molecule has 2 heterocycles. The Morgan fingerprint density at radius 3 is 2.83 bits per heavy atom. The number of benzene rings is 1. The first kappa shape index (κ1) is 11.4. The smallest absolute Gasteiger partial charge is 0.129 e. The minimum Gasteiger partial charge on any atom is -0.462 e. The molecule has 2 aromatic rings. The van der Waals surface area contributed by atoms with Crippen LogP contribution in [0.1, 0.15) is 22.6 Å². The molecule has 0 amide bonds. The van der Waals surface area contributed by atoms with Crippen LogP contribution in [-0.2, 0) is 19.6 Å². The van der Waals surface area contributed by atoms with E-state index in [1.54, 1.807) is 0 Å². The standard InChI is InChI=1S/C15H17NO2/c1-11-2-3-12-6-7-16(15(12)8-11)9-13-4-5-14(10-17)18-13/h2-5,8,17H,6-7,9-10H2,1H3. The van der Waals surface area contributed by atoms with Gasteiger partial charge < -0.3 is 14.4 Å². The van der Waals surface area contributed by atoms with Crippen molar-refractivity contribution in [2.45, 2.75) is 26.5 Å². The molecule has 0 radical (unpaired) electrons. The van der Waals surface area contributed by atoms with Gasteiger partial charge in [-0.3, -0.25) is 0 Å². The van der Waals surface area contributed by atoms with Crippen molar-refractivity contribution < 1.29 is 9.52 Å². The van der Waals surface area contributed by atoms with Crippen molar-refractivity contribution in [2.24, 2.45) is 0 Å². The molecule has 0 spiro atoms. The van der Waals surface area contributed by atoms with Gasteiger partial charge in [0.2, 0.25) is 0 Å². The first-order valence-corrected chi connectivity index (χ1v) is 6.29. The number of anilines is 1. The van der Waals surface area contributed by atoms with Crippen LogP contribution < -0.4 is 4.90 Å². The number of rotatable bonds is 3. The maximum absolute atomic E-state index is 9.00. The molecule has 3 rings (SSSR count). The van der Waals surface area contributed by atoms with Crippen LogP contribution in [0, 0.1) is 6.92 Å². The first-order valence-electron chi connectivity index (χ1n) is 6.29. The molecule has 1 aliphatic rings. The van der Waals surface area contributed by atoms with Crippen molar-refractivity contribution in [3.63, 3.8) is 0 Å². The van der Waals surface area contributed by atoms with Crippen LogP contribution in [0.3, 0.4) is 0 Å². The zero-order valence-electron chi connectivity index (χ0n) is 10.5. The van der Waals surface area contributed by atoms with Crippen molar-refractivity contribution in [3.8, 4) is 0 Å². The number of aliphatic hydroxyl groups excluding tert-OH is 1. The number of hydrogen-bond donors (Lipinski definition) is 1. The first-order chi connectivity index (χ1) is 8.76. The zero-order chi connectivity index (χ0) is 12.5. The van der Waals surface area contributed by atoms with E-state index in [1.165, 1.54) is 16.8 Å². The van der Waals surface area contributed by atoms with Crippen LogP contribution in [0.4, 0.5) is 5.69 Å². The lowest BCUT2D eigenvalue weighted by Crippen LogP contribution is -2.19. The average molecular weight is 243 g/mol.